The zero-order valence-electron chi connectivity index (χ0n) is 12.2. The highest BCUT2D eigenvalue weighted by atomic mass is 16.3. The first-order chi connectivity index (χ1) is 9.83. The van der Waals surface area contributed by atoms with Crippen molar-refractivity contribution in [1.29, 1.82) is 0 Å². The zero-order valence-corrected chi connectivity index (χ0v) is 12.2. The summed E-state index contributed by atoms with van der Waals surface area (Å²) in [6, 6.07) is 9.32. The first-order valence-corrected chi connectivity index (χ1v) is 8.33. The van der Waals surface area contributed by atoms with Gasteiger partial charge in [0.25, 0.3) is 0 Å². The molecule has 1 saturated carbocycles. The number of rotatable bonds is 1. The van der Waals surface area contributed by atoms with Crippen molar-refractivity contribution in [3.8, 4) is 0 Å². The highest BCUT2D eigenvalue weighted by molar-refractivity contribution is 5.35. The van der Waals surface area contributed by atoms with Gasteiger partial charge in [-0.3, -0.25) is 4.90 Å². The van der Waals surface area contributed by atoms with Gasteiger partial charge in [0.2, 0.25) is 0 Å². The van der Waals surface area contributed by atoms with E-state index in [4.69, 9.17) is 0 Å². The first-order valence-electron chi connectivity index (χ1n) is 8.33. The fraction of sp³-hybridized carbons (Fsp3) is 0.667. The average Bonchev–Trinajstić information content (AvgIpc) is 2.51. The first kappa shape index (κ1) is 12.8. The lowest BCUT2D eigenvalue weighted by Crippen LogP contribution is -2.53. The van der Waals surface area contributed by atoms with Gasteiger partial charge in [0.1, 0.15) is 0 Å². The van der Waals surface area contributed by atoms with Gasteiger partial charge in [-0.15, -0.1) is 0 Å². The van der Waals surface area contributed by atoms with Crippen LogP contribution < -0.4 is 0 Å². The van der Waals surface area contributed by atoms with Gasteiger partial charge in [-0.2, -0.15) is 0 Å². The Bertz CT molecular complexity index is 480. The van der Waals surface area contributed by atoms with E-state index in [0.717, 1.165) is 12.8 Å². The molecule has 4 atom stereocenters. The molecule has 1 aromatic rings. The van der Waals surface area contributed by atoms with Crippen LogP contribution in [0.5, 0.6) is 0 Å². The van der Waals surface area contributed by atoms with Crippen LogP contribution in [0.15, 0.2) is 24.3 Å². The molecule has 1 aliphatic heterocycles. The third kappa shape index (κ3) is 2.10. The van der Waals surface area contributed by atoms with Crippen molar-refractivity contribution in [2.45, 2.75) is 56.6 Å². The molecule has 2 aliphatic carbocycles. The predicted octanol–water partition coefficient (Wildman–Crippen LogP) is 2.95. The van der Waals surface area contributed by atoms with Crippen LogP contribution >= 0.6 is 0 Å². The number of hydrogen-bond acceptors (Lipinski definition) is 2. The molecule has 4 rings (SSSR count). The minimum Gasteiger partial charge on any atom is -0.391 e. The van der Waals surface area contributed by atoms with Gasteiger partial charge >= 0.3 is 0 Å². The van der Waals surface area contributed by atoms with Crippen molar-refractivity contribution in [1.82, 2.24) is 4.90 Å². The SMILES string of the molecule is O[C@@H]1[C@H]2Cc3ccccc3[C@H](C2)C[C@H]1N1CCCCC1. The van der Waals surface area contributed by atoms with E-state index in [0.29, 0.717) is 17.9 Å². The Labute approximate surface area is 121 Å². The number of likely N-dealkylation sites (tertiary alicyclic amines) is 1. The van der Waals surface area contributed by atoms with Crippen LogP contribution in [0.1, 0.15) is 49.1 Å². The van der Waals surface area contributed by atoms with Crippen molar-refractivity contribution in [2.24, 2.45) is 5.92 Å². The molecule has 0 unspecified atom stereocenters. The van der Waals surface area contributed by atoms with Gasteiger partial charge in [0.05, 0.1) is 6.10 Å². The Kier molecular flexibility index (Phi) is 3.31. The molecular weight excluding hydrogens is 246 g/mol. The summed E-state index contributed by atoms with van der Waals surface area (Å²) in [6.45, 7) is 2.39. The summed E-state index contributed by atoms with van der Waals surface area (Å²) in [7, 11) is 0. The maximum absolute atomic E-state index is 10.8. The van der Waals surface area contributed by atoms with E-state index < -0.39 is 0 Å². The lowest BCUT2D eigenvalue weighted by atomic mass is 9.66. The van der Waals surface area contributed by atoms with Crippen molar-refractivity contribution < 1.29 is 5.11 Å². The molecule has 2 nitrogen and oxygen atoms in total. The average molecular weight is 271 g/mol. The molecular formula is C18H25NO. The van der Waals surface area contributed by atoms with Crippen LogP contribution in [0, 0.1) is 5.92 Å². The molecule has 2 heteroatoms. The quantitative estimate of drug-likeness (QED) is 0.849. The van der Waals surface area contributed by atoms with Gasteiger partial charge in [0, 0.05) is 6.04 Å². The van der Waals surface area contributed by atoms with Gasteiger partial charge < -0.3 is 5.11 Å². The molecule has 20 heavy (non-hydrogen) atoms. The normalized spacial score (nSPS) is 37.5. The fourth-order valence-corrected chi connectivity index (χ4v) is 4.82. The second-order valence-corrected chi connectivity index (χ2v) is 6.99. The monoisotopic (exact) mass is 271 g/mol. The molecule has 3 aliphatic rings. The van der Waals surface area contributed by atoms with E-state index in [2.05, 4.69) is 29.2 Å². The van der Waals surface area contributed by atoms with E-state index in [1.54, 1.807) is 5.56 Å². The van der Waals surface area contributed by atoms with Gasteiger partial charge in [-0.05, 0) is 68.2 Å². The second kappa shape index (κ2) is 5.16. The number of fused-ring (bicyclic) bond motifs is 4. The Morgan fingerprint density at radius 3 is 2.65 bits per heavy atom. The van der Waals surface area contributed by atoms with Gasteiger partial charge in [0.15, 0.2) is 0 Å². The van der Waals surface area contributed by atoms with E-state index in [-0.39, 0.29) is 6.10 Å². The third-order valence-corrected chi connectivity index (χ3v) is 5.83. The van der Waals surface area contributed by atoms with E-state index in [1.165, 1.54) is 44.3 Å². The molecule has 0 amide bonds. The molecule has 0 spiro atoms. The standard InChI is InChI=1S/C18H25NO/c20-18-15-10-13-6-2-3-7-16(13)14(11-15)12-17(18)19-8-4-1-5-9-19/h2-3,6-7,14-15,17-18,20H,1,4-5,8-12H2/t14-,15+,17-,18-/m1/s1. The third-order valence-electron chi connectivity index (χ3n) is 5.83. The summed E-state index contributed by atoms with van der Waals surface area (Å²) in [5, 5.41) is 10.8. The minimum atomic E-state index is -0.113. The second-order valence-electron chi connectivity index (χ2n) is 6.99. The Morgan fingerprint density at radius 2 is 1.80 bits per heavy atom. The summed E-state index contributed by atoms with van der Waals surface area (Å²) in [6.07, 6.45) is 7.33. The molecule has 2 bridgehead atoms. The summed E-state index contributed by atoms with van der Waals surface area (Å²) in [4.78, 5) is 2.58. The van der Waals surface area contributed by atoms with Crippen molar-refractivity contribution in [3.63, 3.8) is 0 Å². The Balaban J connectivity index is 1.61. The largest absolute Gasteiger partial charge is 0.391 e. The predicted molar refractivity (Wildman–Crippen MR) is 80.8 cm³/mol. The van der Waals surface area contributed by atoms with Gasteiger partial charge in [-0.25, -0.2) is 0 Å². The Morgan fingerprint density at radius 1 is 1.00 bits per heavy atom. The van der Waals surface area contributed by atoms with Crippen molar-refractivity contribution in [2.75, 3.05) is 13.1 Å². The molecule has 1 aromatic carbocycles. The van der Waals surface area contributed by atoms with Crippen molar-refractivity contribution in [3.05, 3.63) is 35.4 Å². The molecule has 108 valence electrons. The van der Waals surface area contributed by atoms with E-state index >= 15 is 0 Å². The number of aliphatic hydroxyl groups excluding tert-OH is 1. The fourth-order valence-electron chi connectivity index (χ4n) is 4.82. The summed E-state index contributed by atoms with van der Waals surface area (Å²) in [5.41, 5.74) is 3.06. The Hall–Kier alpha value is -0.860. The van der Waals surface area contributed by atoms with Crippen LogP contribution in [0.2, 0.25) is 0 Å². The highest BCUT2D eigenvalue weighted by Gasteiger charge is 2.43. The van der Waals surface area contributed by atoms with E-state index in [9.17, 15) is 5.11 Å². The molecule has 0 radical (unpaired) electrons. The molecule has 2 fully saturated rings. The maximum Gasteiger partial charge on any atom is 0.0727 e. The number of aliphatic hydroxyl groups is 1. The molecule has 0 aromatic heterocycles. The number of benzene rings is 1. The van der Waals surface area contributed by atoms with Gasteiger partial charge in [-0.1, -0.05) is 30.7 Å². The van der Waals surface area contributed by atoms with Crippen LogP contribution in [0.3, 0.4) is 0 Å². The lowest BCUT2D eigenvalue weighted by Gasteiger charge is -2.48. The van der Waals surface area contributed by atoms with Crippen molar-refractivity contribution >= 4 is 0 Å². The molecule has 1 N–H and O–H groups in total. The summed E-state index contributed by atoms with van der Waals surface area (Å²) < 4.78 is 0. The number of nitrogens with zero attached hydrogens (tertiary/aromatic N) is 1. The minimum absolute atomic E-state index is 0.113. The van der Waals surface area contributed by atoms with Crippen LogP contribution in [0.25, 0.3) is 0 Å². The van der Waals surface area contributed by atoms with Crippen LogP contribution in [0.4, 0.5) is 0 Å². The lowest BCUT2D eigenvalue weighted by molar-refractivity contribution is -0.0346. The number of piperidine rings is 1. The molecule has 1 saturated heterocycles. The van der Waals surface area contributed by atoms with E-state index in [1.807, 2.05) is 0 Å². The highest BCUT2D eigenvalue weighted by Crippen LogP contribution is 2.45. The maximum atomic E-state index is 10.8. The zero-order chi connectivity index (χ0) is 13.5. The van der Waals surface area contributed by atoms with Crippen LogP contribution in [-0.4, -0.2) is 35.2 Å². The van der Waals surface area contributed by atoms with Crippen LogP contribution in [-0.2, 0) is 6.42 Å². The smallest absolute Gasteiger partial charge is 0.0727 e. The summed E-state index contributed by atoms with van der Waals surface area (Å²) >= 11 is 0. The summed E-state index contributed by atoms with van der Waals surface area (Å²) in [5.74, 6) is 1.16. The number of hydrogen-bond donors (Lipinski definition) is 1. The topological polar surface area (TPSA) is 23.5 Å². The molecule has 1 heterocycles.